The van der Waals surface area contributed by atoms with Crippen LogP contribution in [-0.2, 0) is 0 Å². The predicted octanol–water partition coefficient (Wildman–Crippen LogP) is 1.96. The average molecular weight is 244 g/mol. The molecule has 0 saturated heterocycles. The van der Waals surface area contributed by atoms with Crippen LogP contribution in [0.15, 0.2) is 12.1 Å². The zero-order valence-electron chi connectivity index (χ0n) is 9.24. The number of rotatable bonds is 3. The van der Waals surface area contributed by atoms with Crippen molar-refractivity contribution in [3.63, 3.8) is 0 Å². The molecule has 5 nitrogen and oxygen atoms in total. The average Bonchev–Trinajstić information content (AvgIpc) is 2.29. The number of carbonyl (C=O) groups is 1. The molecule has 0 fully saturated rings. The number of carbonyl (C=O) groups excluding carboxylic acids is 1. The summed E-state index contributed by atoms with van der Waals surface area (Å²) in [5.74, 6) is -3.06. The van der Waals surface area contributed by atoms with Crippen molar-refractivity contribution in [1.82, 2.24) is 4.90 Å². The third-order valence-electron chi connectivity index (χ3n) is 2.28. The summed E-state index contributed by atoms with van der Waals surface area (Å²) in [5, 5.41) is 10.3. The third kappa shape index (κ3) is 2.55. The van der Waals surface area contributed by atoms with Gasteiger partial charge >= 0.3 is 5.69 Å². The monoisotopic (exact) mass is 244 g/mol. The molecule has 0 atom stereocenters. The van der Waals surface area contributed by atoms with Gasteiger partial charge in [0.05, 0.1) is 16.6 Å². The summed E-state index contributed by atoms with van der Waals surface area (Å²) >= 11 is 0. The molecule has 1 amide bonds. The van der Waals surface area contributed by atoms with Gasteiger partial charge in [0.1, 0.15) is 5.82 Å². The highest BCUT2D eigenvalue weighted by molar-refractivity contribution is 5.94. The fraction of sp³-hybridized carbons (Fsp3) is 0.300. The van der Waals surface area contributed by atoms with Crippen molar-refractivity contribution >= 4 is 11.6 Å². The highest BCUT2D eigenvalue weighted by atomic mass is 19.1. The molecule has 1 aromatic carbocycles. The number of nitro benzene ring substituents is 1. The summed E-state index contributed by atoms with van der Waals surface area (Å²) in [7, 11) is 1.42. The van der Waals surface area contributed by atoms with Gasteiger partial charge in [0.25, 0.3) is 5.91 Å². The Hall–Kier alpha value is -2.05. The molecule has 0 aliphatic carbocycles. The van der Waals surface area contributed by atoms with Crippen LogP contribution >= 0.6 is 0 Å². The number of nitro groups is 1. The van der Waals surface area contributed by atoms with E-state index in [0.717, 1.165) is 0 Å². The Labute approximate surface area is 95.8 Å². The molecule has 0 heterocycles. The van der Waals surface area contributed by atoms with E-state index in [-0.39, 0.29) is 0 Å². The second kappa shape index (κ2) is 4.86. The van der Waals surface area contributed by atoms with E-state index in [1.54, 1.807) is 6.92 Å². The molecule has 7 heteroatoms. The van der Waals surface area contributed by atoms with Crippen LogP contribution in [0.3, 0.4) is 0 Å². The van der Waals surface area contributed by atoms with Crippen LogP contribution in [0.4, 0.5) is 14.5 Å². The number of benzene rings is 1. The first-order valence-electron chi connectivity index (χ1n) is 4.77. The lowest BCUT2D eigenvalue weighted by Gasteiger charge is -2.14. The first-order chi connectivity index (χ1) is 7.88. The Balaban J connectivity index is 3.25. The van der Waals surface area contributed by atoms with Gasteiger partial charge in [0, 0.05) is 13.6 Å². The standard InChI is InChI=1S/C10H10F2N2O3/c1-3-13(2)10(15)6-4-8(12)9(14(16)17)5-7(6)11/h4-5H,3H2,1-2H3. The molecule has 0 radical (unpaired) electrons. The second-order valence-electron chi connectivity index (χ2n) is 3.36. The molecule has 92 valence electrons. The van der Waals surface area contributed by atoms with Crippen LogP contribution in [-0.4, -0.2) is 29.3 Å². The number of halogens is 2. The summed E-state index contributed by atoms with van der Waals surface area (Å²) in [6.45, 7) is 1.98. The van der Waals surface area contributed by atoms with E-state index in [9.17, 15) is 23.7 Å². The highest BCUT2D eigenvalue weighted by Crippen LogP contribution is 2.22. The van der Waals surface area contributed by atoms with E-state index in [4.69, 9.17) is 0 Å². The first kappa shape index (κ1) is 13.0. The van der Waals surface area contributed by atoms with Crippen molar-refractivity contribution in [2.24, 2.45) is 0 Å². The SMILES string of the molecule is CCN(C)C(=O)c1cc(F)c([N+](=O)[O-])cc1F. The zero-order chi connectivity index (χ0) is 13.2. The van der Waals surface area contributed by atoms with Gasteiger partial charge in [-0.1, -0.05) is 0 Å². The van der Waals surface area contributed by atoms with Gasteiger partial charge in [0.2, 0.25) is 5.82 Å². The number of nitrogens with zero attached hydrogens (tertiary/aromatic N) is 2. The Morgan fingerprint density at radius 2 is 2.00 bits per heavy atom. The van der Waals surface area contributed by atoms with Gasteiger partial charge < -0.3 is 4.90 Å². The van der Waals surface area contributed by atoms with E-state index in [0.29, 0.717) is 18.7 Å². The Kier molecular flexibility index (Phi) is 3.72. The Morgan fingerprint density at radius 1 is 1.41 bits per heavy atom. The van der Waals surface area contributed by atoms with Gasteiger partial charge in [-0.15, -0.1) is 0 Å². The van der Waals surface area contributed by atoms with Crippen LogP contribution < -0.4 is 0 Å². The Bertz CT molecular complexity index is 477. The maximum atomic E-state index is 13.4. The quantitative estimate of drug-likeness (QED) is 0.603. The van der Waals surface area contributed by atoms with Gasteiger partial charge in [-0.05, 0) is 13.0 Å². The number of hydrogen-bond donors (Lipinski definition) is 0. The molecule has 0 N–H and O–H groups in total. The normalized spacial score (nSPS) is 10.1. The summed E-state index contributed by atoms with van der Waals surface area (Å²) in [6, 6.07) is 0.952. The minimum atomic E-state index is -1.23. The minimum absolute atomic E-state index is 0.316. The van der Waals surface area contributed by atoms with E-state index in [1.165, 1.54) is 11.9 Å². The van der Waals surface area contributed by atoms with Crippen LogP contribution in [0.25, 0.3) is 0 Å². The number of amides is 1. The minimum Gasteiger partial charge on any atom is -0.342 e. The molecular weight excluding hydrogens is 234 g/mol. The van der Waals surface area contributed by atoms with Crippen molar-refractivity contribution in [3.05, 3.63) is 39.4 Å². The van der Waals surface area contributed by atoms with E-state index in [2.05, 4.69) is 0 Å². The second-order valence-corrected chi connectivity index (χ2v) is 3.36. The van der Waals surface area contributed by atoms with Crippen LogP contribution in [0.2, 0.25) is 0 Å². The molecule has 0 unspecified atom stereocenters. The van der Waals surface area contributed by atoms with Crippen LogP contribution in [0, 0.1) is 21.7 Å². The van der Waals surface area contributed by atoms with Crippen molar-refractivity contribution in [1.29, 1.82) is 0 Å². The molecular formula is C10H10F2N2O3. The van der Waals surface area contributed by atoms with Gasteiger partial charge in [-0.2, -0.15) is 4.39 Å². The van der Waals surface area contributed by atoms with Crippen LogP contribution in [0.1, 0.15) is 17.3 Å². The van der Waals surface area contributed by atoms with Crippen molar-refractivity contribution in [2.45, 2.75) is 6.92 Å². The van der Waals surface area contributed by atoms with Crippen molar-refractivity contribution in [3.8, 4) is 0 Å². The van der Waals surface area contributed by atoms with Gasteiger partial charge in [-0.3, -0.25) is 14.9 Å². The van der Waals surface area contributed by atoms with Gasteiger partial charge in [0.15, 0.2) is 0 Å². The summed E-state index contributed by atoms with van der Waals surface area (Å²) in [6.07, 6.45) is 0. The molecule has 17 heavy (non-hydrogen) atoms. The van der Waals surface area contributed by atoms with E-state index in [1.807, 2.05) is 0 Å². The van der Waals surface area contributed by atoms with Crippen molar-refractivity contribution in [2.75, 3.05) is 13.6 Å². The topological polar surface area (TPSA) is 63.5 Å². The molecule has 0 aromatic heterocycles. The van der Waals surface area contributed by atoms with E-state index < -0.39 is 33.7 Å². The summed E-state index contributed by atoms with van der Waals surface area (Å²) in [4.78, 5) is 22.1. The first-order valence-corrected chi connectivity index (χ1v) is 4.77. The van der Waals surface area contributed by atoms with E-state index >= 15 is 0 Å². The fourth-order valence-electron chi connectivity index (χ4n) is 1.19. The molecule has 0 bridgehead atoms. The van der Waals surface area contributed by atoms with Crippen molar-refractivity contribution < 1.29 is 18.5 Å². The van der Waals surface area contributed by atoms with Crippen LogP contribution in [0.5, 0.6) is 0 Å². The lowest BCUT2D eigenvalue weighted by molar-refractivity contribution is -0.387. The summed E-state index contributed by atoms with van der Waals surface area (Å²) < 4.78 is 26.6. The molecule has 1 rings (SSSR count). The maximum Gasteiger partial charge on any atom is 0.307 e. The fourth-order valence-corrected chi connectivity index (χ4v) is 1.19. The molecule has 1 aromatic rings. The highest BCUT2D eigenvalue weighted by Gasteiger charge is 2.23. The van der Waals surface area contributed by atoms with Gasteiger partial charge in [-0.25, -0.2) is 4.39 Å². The lowest BCUT2D eigenvalue weighted by atomic mass is 10.1. The molecule has 0 spiro atoms. The maximum absolute atomic E-state index is 13.4. The molecule has 0 aliphatic rings. The summed E-state index contributed by atoms with van der Waals surface area (Å²) in [5.41, 5.74) is -1.50. The smallest absolute Gasteiger partial charge is 0.307 e. The predicted molar refractivity (Wildman–Crippen MR) is 55.6 cm³/mol. The lowest BCUT2D eigenvalue weighted by Crippen LogP contribution is -2.27. The molecule has 0 aliphatic heterocycles. The third-order valence-corrected chi connectivity index (χ3v) is 2.28. The Morgan fingerprint density at radius 3 is 2.47 bits per heavy atom. The largest absolute Gasteiger partial charge is 0.342 e. The molecule has 0 saturated carbocycles. The zero-order valence-corrected chi connectivity index (χ0v) is 9.24. The number of hydrogen-bond acceptors (Lipinski definition) is 3.